The molecule has 1 saturated carbocycles. The number of ether oxygens (including phenoxy) is 2. The molecule has 1 aromatic rings. The van der Waals surface area contributed by atoms with Crippen molar-refractivity contribution in [3.63, 3.8) is 0 Å². The van der Waals surface area contributed by atoms with Crippen molar-refractivity contribution in [3.8, 4) is 0 Å². The van der Waals surface area contributed by atoms with Crippen molar-refractivity contribution in [3.05, 3.63) is 32.6 Å². The molecule has 11 nitrogen and oxygen atoms in total. The first kappa shape index (κ1) is 27.1. The van der Waals surface area contributed by atoms with E-state index in [-0.39, 0.29) is 24.3 Å². The number of aliphatic carboxylic acids is 1. The molecule has 0 aromatic carbocycles. The van der Waals surface area contributed by atoms with Gasteiger partial charge in [0, 0.05) is 18.2 Å². The Hall–Kier alpha value is -3.11. The quantitative estimate of drug-likeness (QED) is 0.667. The van der Waals surface area contributed by atoms with E-state index in [1.165, 1.54) is 17.7 Å². The summed E-state index contributed by atoms with van der Waals surface area (Å²) in [5.41, 5.74) is -3.21. The van der Waals surface area contributed by atoms with Gasteiger partial charge in [-0.1, -0.05) is 0 Å². The lowest BCUT2D eigenvalue weighted by atomic mass is 9.80. The lowest BCUT2D eigenvalue weighted by Gasteiger charge is -2.37. The predicted molar refractivity (Wildman–Crippen MR) is 123 cm³/mol. The highest BCUT2D eigenvalue weighted by molar-refractivity contribution is 5.70. The number of carboxylic acids is 1. The normalized spacial score (nSPS) is 21.0. The summed E-state index contributed by atoms with van der Waals surface area (Å²) in [4.78, 5) is 62.3. The zero-order valence-electron chi connectivity index (χ0n) is 20.8. The van der Waals surface area contributed by atoms with Gasteiger partial charge in [-0.2, -0.15) is 4.57 Å². The highest BCUT2D eigenvalue weighted by Crippen LogP contribution is 2.34. The van der Waals surface area contributed by atoms with Crippen LogP contribution in [0, 0.1) is 12.8 Å². The molecular formula is C23H35N3O8. The first-order valence-corrected chi connectivity index (χ1v) is 11.3. The minimum Gasteiger partial charge on any atom is -0.481 e. The summed E-state index contributed by atoms with van der Waals surface area (Å²) < 4.78 is 12.3. The minimum absolute atomic E-state index is 0.0788. The Balaban J connectivity index is 2.49. The molecule has 0 unspecified atom stereocenters. The SMILES string of the molecule is Cc1cn([C@@H]2CC[C@@H](CC(=O)O)C[C@@H]2NC(=O)OC(C)(C)C)c(=O)n(C(=O)OC(C)(C)C)c1=O. The number of nitrogens with zero attached hydrogens (tertiary/aromatic N) is 2. The summed E-state index contributed by atoms with van der Waals surface area (Å²) in [7, 11) is 0. The molecule has 3 atom stereocenters. The zero-order valence-corrected chi connectivity index (χ0v) is 20.8. The standard InChI is InChI=1S/C23H35N3O8/c1-13-12-25(20(31)26(18(13)29)21(32)34-23(5,6)7)16-9-8-14(11-17(27)28)10-15(16)24-19(30)33-22(2,3)4/h12,14-16H,8-11H2,1-7H3,(H,24,30)(H,27,28)/t14-,15+,16-/m1/s1. The second-order valence-corrected chi connectivity index (χ2v) is 10.7. The molecule has 190 valence electrons. The smallest absolute Gasteiger partial charge is 0.425 e. The number of carboxylic acid groups (broad SMARTS) is 1. The van der Waals surface area contributed by atoms with Gasteiger partial charge in [-0.3, -0.25) is 14.2 Å². The molecule has 0 aliphatic heterocycles. The molecule has 0 saturated heterocycles. The van der Waals surface area contributed by atoms with Gasteiger partial charge in [0.1, 0.15) is 11.2 Å². The van der Waals surface area contributed by atoms with E-state index in [2.05, 4.69) is 5.32 Å². The maximum absolute atomic E-state index is 13.3. The molecule has 1 fully saturated rings. The molecule has 1 amide bonds. The third-order valence-corrected chi connectivity index (χ3v) is 5.31. The predicted octanol–water partition coefficient (Wildman–Crippen LogP) is 2.81. The third kappa shape index (κ3) is 7.19. The van der Waals surface area contributed by atoms with Crippen LogP contribution in [0.3, 0.4) is 0 Å². The molecule has 1 aliphatic rings. The number of rotatable bonds is 4. The molecule has 0 spiro atoms. The van der Waals surface area contributed by atoms with Crippen LogP contribution in [-0.4, -0.2) is 49.6 Å². The summed E-state index contributed by atoms with van der Waals surface area (Å²) in [6, 6.07) is -1.28. The van der Waals surface area contributed by atoms with Crippen LogP contribution < -0.4 is 16.6 Å². The van der Waals surface area contributed by atoms with Gasteiger partial charge in [0.15, 0.2) is 0 Å². The first-order valence-electron chi connectivity index (χ1n) is 11.3. The van der Waals surface area contributed by atoms with E-state index in [1.807, 2.05) is 0 Å². The highest BCUT2D eigenvalue weighted by atomic mass is 16.6. The van der Waals surface area contributed by atoms with Crippen LogP contribution in [0.4, 0.5) is 9.59 Å². The van der Waals surface area contributed by atoms with Crippen LogP contribution in [0.25, 0.3) is 0 Å². The van der Waals surface area contributed by atoms with Crippen molar-refractivity contribution in [1.29, 1.82) is 0 Å². The number of aromatic nitrogens is 2. The maximum atomic E-state index is 13.3. The molecular weight excluding hydrogens is 446 g/mol. The van der Waals surface area contributed by atoms with Crippen LogP contribution in [0.1, 0.15) is 78.8 Å². The summed E-state index contributed by atoms with van der Waals surface area (Å²) in [6.07, 6.45) is 0.611. The van der Waals surface area contributed by atoms with Crippen molar-refractivity contribution in [2.45, 2.75) is 97.4 Å². The summed E-state index contributed by atoms with van der Waals surface area (Å²) in [6.45, 7) is 11.5. The molecule has 1 aliphatic carbocycles. The first-order chi connectivity index (χ1) is 15.5. The molecule has 1 aromatic heterocycles. The van der Waals surface area contributed by atoms with Crippen LogP contribution in [0.5, 0.6) is 0 Å². The number of hydrogen-bond acceptors (Lipinski definition) is 7. The summed E-state index contributed by atoms with van der Waals surface area (Å²) in [5.74, 6) is -1.17. The van der Waals surface area contributed by atoms with E-state index >= 15 is 0 Å². The van der Waals surface area contributed by atoms with E-state index in [9.17, 15) is 29.1 Å². The summed E-state index contributed by atoms with van der Waals surface area (Å²) in [5, 5.41) is 12.0. The lowest BCUT2D eigenvalue weighted by Crippen LogP contribution is -2.52. The fourth-order valence-corrected chi connectivity index (χ4v) is 4.02. The van der Waals surface area contributed by atoms with Gasteiger partial charge >= 0.3 is 23.8 Å². The Kier molecular flexibility index (Phi) is 8.00. The van der Waals surface area contributed by atoms with E-state index in [1.54, 1.807) is 41.5 Å². The van der Waals surface area contributed by atoms with Crippen molar-refractivity contribution >= 4 is 18.2 Å². The molecule has 2 N–H and O–H groups in total. The van der Waals surface area contributed by atoms with E-state index < -0.39 is 52.7 Å². The topological polar surface area (TPSA) is 146 Å². The minimum atomic E-state index is -1.09. The van der Waals surface area contributed by atoms with Crippen LogP contribution in [0.2, 0.25) is 0 Å². The van der Waals surface area contributed by atoms with E-state index in [0.29, 0.717) is 17.4 Å². The number of carbonyl (C=O) groups excluding carboxylic acids is 2. The Morgan fingerprint density at radius 1 is 1.06 bits per heavy atom. The molecule has 34 heavy (non-hydrogen) atoms. The average molecular weight is 482 g/mol. The Morgan fingerprint density at radius 2 is 1.65 bits per heavy atom. The number of amides is 1. The van der Waals surface area contributed by atoms with E-state index in [0.717, 1.165) is 0 Å². The second-order valence-electron chi connectivity index (χ2n) is 10.7. The molecule has 0 radical (unpaired) electrons. The van der Waals surface area contributed by atoms with Crippen LogP contribution in [0.15, 0.2) is 15.8 Å². The van der Waals surface area contributed by atoms with Gasteiger partial charge in [0.25, 0.3) is 5.56 Å². The lowest BCUT2D eigenvalue weighted by molar-refractivity contribution is -0.138. The van der Waals surface area contributed by atoms with Gasteiger partial charge in [-0.15, -0.1) is 0 Å². The fourth-order valence-electron chi connectivity index (χ4n) is 4.02. The molecule has 0 bridgehead atoms. The van der Waals surface area contributed by atoms with E-state index in [4.69, 9.17) is 9.47 Å². The number of alkyl carbamates (subject to hydrolysis) is 1. The second kappa shape index (κ2) is 10.0. The van der Waals surface area contributed by atoms with Gasteiger partial charge in [-0.05, 0) is 73.6 Å². The average Bonchev–Trinajstić information content (AvgIpc) is 2.62. The molecule has 1 heterocycles. The van der Waals surface area contributed by atoms with Gasteiger partial charge < -0.3 is 19.9 Å². The molecule has 2 rings (SSSR count). The van der Waals surface area contributed by atoms with Crippen molar-refractivity contribution in [2.75, 3.05) is 0 Å². The Morgan fingerprint density at radius 3 is 2.18 bits per heavy atom. The Bertz CT molecular complexity index is 1060. The van der Waals surface area contributed by atoms with Crippen molar-refractivity contribution in [2.24, 2.45) is 5.92 Å². The van der Waals surface area contributed by atoms with Crippen molar-refractivity contribution in [1.82, 2.24) is 14.5 Å². The number of nitrogens with one attached hydrogen (secondary N) is 1. The fraction of sp³-hybridized carbons (Fsp3) is 0.696. The van der Waals surface area contributed by atoms with Gasteiger partial charge in [0.05, 0.1) is 12.1 Å². The van der Waals surface area contributed by atoms with Gasteiger partial charge in [0.2, 0.25) is 0 Å². The van der Waals surface area contributed by atoms with Crippen LogP contribution in [-0.2, 0) is 14.3 Å². The molecule has 11 heteroatoms. The monoisotopic (exact) mass is 481 g/mol. The van der Waals surface area contributed by atoms with Crippen molar-refractivity contribution < 1.29 is 29.0 Å². The maximum Gasteiger partial charge on any atom is 0.425 e. The largest absolute Gasteiger partial charge is 0.481 e. The van der Waals surface area contributed by atoms with Crippen LogP contribution >= 0.6 is 0 Å². The zero-order chi connectivity index (χ0) is 26.0. The highest BCUT2D eigenvalue weighted by Gasteiger charge is 2.36. The number of hydrogen-bond donors (Lipinski definition) is 2. The third-order valence-electron chi connectivity index (χ3n) is 5.31. The Labute approximate surface area is 198 Å². The summed E-state index contributed by atoms with van der Waals surface area (Å²) >= 11 is 0. The number of carbonyl (C=O) groups is 3. The number of aryl methyl sites for hydroxylation is 1. The van der Waals surface area contributed by atoms with Gasteiger partial charge in [-0.25, -0.2) is 14.4 Å².